The number of nitrogens with zero attached hydrogens (tertiary/aromatic N) is 3. The van der Waals surface area contributed by atoms with Crippen LogP contribution in [0.3, 0.4) is 0 Å². The van der Waals surface area contributed by atoms with Crippen molar-refractivity contribution in [2.75, 3.05) is 18.6 Å². The van der Waals surface area contributed by atoms with Crippen molar-refractivity contribution in [2.45, 2.75) is 11.9 Å². The van der Waals surface area contributed by atoms with Crippen LogP contribution in [-0.4, -0.2) is 34.6 Å². The topological polar surface area (TPSA) is 60.5 Å². The van der Waals surface area contributed by atoms with Gasteiger partial charge in [0.15, 0.2) is 0 Å². The fraction of sp³-hybridized carbons (Fsp3) is 0.333. The summed E-state index contributed by atoms with van der Waals surface area (Å²) < 4.78 is 13.2. The second-order valence-corrected chi connectivity index (χ2v) is 5.05. The summed E-state index contributed by atoms with van der Waals surface area (Å²) >= 11 is 3.47. The Bertz CT molecular complexity index is 538. The molecule has 0 fully saturated rings. The molecule has 0 spiro atoms. The van der Waals surface area contributed by atoms with Crippen molar-refractivity contribution in [1.82, 2.24) is 20.6 Å². The van der Waals surface area contributed by atoms with Gasteiger partial charge in [0.05, 0.1) is 23.8 Å². The molecule has 0 bridgehead atoms. The van der Waals surface area contributed by atoms with Crippen molar-refractivity contribution >= 4 is 27.6 Å². The summed E-state index contributed by atoms with van der Waals surface area (Å²) in [6, 6.07) is 1.09. The van der Waals surface area contributed by atoms with Gasteiger partial charge in [-0.25, -0.2) is 14.2 Å². The molecular weight excluding hydrogens is 329 g/mol. The Kier molecular flexibility index (Phi) is 4.56. The molecule has 2 amide bonds. The molecule has 0 aliphatic carbocycles. The number of nitrogens with one attached hydrogen (secondary N) is 2. The van der Waals surface area contributed by atoms with E-state index >= 15 is 0 Å². The molecular formula is C12H15BrFN5O. The van der Waals surface area contributed by atoms with E-state index in [0.717, 1.165) is 6.20 Å². The molecule has 6 nitrogen and oxygen atoms in total. The molecule has 0 saturated carbocycles. The second kappa shape index (κ2) is 6.19. The van der Waals surface area contributed by atoms with Crippen LogP contribution in [0.1, 0.15) is 6.92 Å². The van der Waals surface area contributed by atoms with Crippen LogP contribution in [0, 0.1) is 5.82 Å². The first kappa shape index (κ1) is 14.7. The van der Waals surface area contributed by atoms with E-state index < -0.39 is 5.82 Å². The van der Waals surface area contributed by atoms with Gasteiger partial charge in [-0.05, 0) is 6.92 Å². The van der Waals surface area contributed by atoms with Crippen LogP contribution in [0.15, 0.2) is 30.4 Å². The lowest BCUT2D eigenvalue weighted by Crippen LogP contribution is -2.40. The number of hydrazine groups is 1. The Morgan fingerprint density at radius 2 is 2.30 bits per heavy atom. The van der Waals surface area contributed by atoms with Crippen molar-refractivity contribution in [3.05, 3.63) is 36.2 Å². The van der Waals surface area contributed by atoms with Crippen LogP contribution in [0.25, 0.3) is 0 Å². The fourth-order valence-corrected chi connectivity index (χ4v) is 2.24. The lowest BCUT2D eigenvalue weighted by Gasteiger charge is -2.27. The minimum Gasteiger partial charge on any atom is -0.338 e. The predicted molar refractivity (Wildman–Crippen MR) is 77.4 cm³/mol. The normalized spacial score (nSPS) is 18.9. The van der Waals surface area contributed by atoms with Crippen LogP contribution in [-0.2, 0) is 0 Å². The van der Waals surface area contributed by atoms with Crippen molar-refractivity contribution in [3.63, 3.8) is 0 Å². The van der Waals surface area contributed by atoms with E-state index in [4.69, 9.17) is 0 Å². The van der Waals surface area contributed by atoms with Gasteiger partial charge in [0.1, 0.15) is 10.8 Å². The fourth-order valence-electron chi connectivity index (χ4n) is 1.81. The largest absolute Gasteiger partial charge is 0.338 e. The summed E-state index contributed by atoms with van der Waals surface area (Å²) in [5.41, 5.74) is 1.23. The van der Waals surface area contributed by atoms with E-state index in [1.807, 2.05) is 14.0 Å². The highest BCUT2D eigenvalue weighted by molar-refractivity contribution is 9.09. The number of hydrogen-bond acceptors (Lipinski definition) is 4. The van der Waals surface area contributed by atoms with E-state index in [-0.39, 0.29) is 11.0 Å². The number of carbonyl (C=O) groups excluding carboxylic acids is 1. The summed E-state index contributed by atoms with van der Waals surface area (Å²) in [5, 5.41) is 8.90. The van der Waals surface area contributed by atoms with Crippen LogP contribution < -0.4 is 15.6 Å². The van der Waals surface area contributed by atoms with Crippen LogP contribution >= 0.6 is 15.9 Å². The Balaban J connectivity index is 2.18. The Labute approximate surface area is 124 Å². The second-order valence-electron chi connectivity index (χ2n) is 4.18. The highest BCUT2D eigenvalue weighted by Gasteiger charge is 2.30. The van der Waals surface area contributed by atoms with Crippen LogP contribution in [0.2, 0.25) is 0 Å². The number of hydrogen-bond donors (Lipinski definition) is 2. The molecule has 0 aromatic carbocycles. The number of urea groups is 1. The van der Waals surface area contributed by atoms with Gasteiger partial charge in [0, 0.05) is 25.9 Å². The number of halogens is 2. The monoisotopic (exact) mass is 343 g/mol. The highest BCUT2D eigenvalue weighted by Crippen LogP contribution is 2.28. The molecule has 2 N–H and O–H groups in total. The Hall–Kier alpha value is -1.67. The van der Waals surface area contributed by atoms with E-state index in [0.29, 0.717) is 17.9 Å². The molecule has 1 aliphatic heterocycles. The average Bonchev–Trinajstić information content (AvgIpc) is 2.67. The van der Waals surface area contributed by atoms with Gasteiger partial charge < -0.3 is 10.6 Å². The first-order valence-corrected chi connectivity index (χ1v) is 6.97. The molecule has 2 rings (SSSR count). The predicted octanol–water partition coefficient (Wildman–Crippen LogP) is 1.77. The van der Waals surface area contributed by atoms with E-state index in [1.165, 1.54) is 6.07 Å². The maximum absolute atomic E-state index is 13.2. The summed E-state index contributed by atoms with van der Waals surface area (Å²) in [6.07, 6.45) is 4.40. The zero-order valence-electron chi connectivity index (χ0n) is 11.1. The number of aromatic nitrogens is 1. The van der Waals surface area contributed by atoms with Crippen molar-refractivity contribution in [2.24, 2.45) is 0 Å². The third kappa shape index (κ3) is 3.07. The molecule has 1 aromatic heterocycles. The highest BCUT2D eigenvalue weighted by atomic mass is 79.9. The molecule has 2 heterocycles. The van der Waals surface area contributed by atoms with Gasteiger partial charge in [-0.15, -0.1) is 0 Å². The molecule has 20 heavy (non-hydrogen) atoms. The third-order valence-electron chi connectivity index (χ3n) is 2.74. The minimum atomic E-state index is -0.416. The number of amides is 2. The van der Waals surface area contributed by atoms with Crippen molar-refractivity contribution in [1.29, 1.82) is 0 Å². The molecule has 0 radical (unpaired) electrons. The van der Waals surface area contributed by atoms with Gasteiger partial charge in [-0.3, -0.25) is 9.99 Å². The number of alkyl halides is 1. The molecule has 108 valence electrons. The maximum Gasteiger partial charge on any atom is 0.319 e. The Morgan fingerprint density at radius 3 is 2.95 bits per heavy atom. The maximum atomic E-state index is 13.2. The smallest absolute Gasteiger partial charge is 0.319 e. The molecule has 8 heteroatoms. The summed E-state index contributed by atoms with van der Waals surface area (Å²) in [6.45, 7) is 2.38. The lowest BCUT2D eigenvalue weighted by molar-refractivity contribution is 0.243. The van der Waals surface area contributed by atoms with E-state index in [1.54, 1.807) is 22.4 Å². The summed E-state index contributed by atoms with van der Waals surface area (Å²) in [5.74, 6) is -0.416. The molecule has 1 aromatic rings. The van der Waals surface area contributed by atoms with Gasteiger partial charge >= 0.3 is 6.03 Å². The number of carbonyl (C=O) groups is 1. The van der Waals surface area contributed by atoms with E-state index in [9.17, 15) is 9.18 Å². The number of anilines is 1. The third-order valence-corrected chi connectivity index (χ3v) is 3.82. The molecule has 1 unspecified atom stereocenters. The lowest BCUT2D eigenvalue weighted by atomic mass is 10.4. The quantitative estimate of drug-likeness (QED) is 0.648. The standard InChI is InChI=1S/C12H15BrFN5O/c1-3-16-12(20)17-10-7-19(18(2)11(10)13)9-4-8(14)5-15-6-9/h4-7,11H,3H2,1-2H3,(H2,16,17,20). The number of pyridine rings is 1. The first-order chi connectivity index (χ1) is 9.52. The zero-order valence-corrected chi connectivity index (χ0v) is 12.7. The van der Waals surface area contributed by atoms with E-state index in [2.05, 4.69) is 31.5 Å². The number of likely N-dealkylation sites (N-methyl/N-ethyl adjacent to an activating group) is 1. The van der Waals surface area contributed by atoms with Gasteiger partial charge in [0.25, 0.3) is 0 Å². The van der Waals surface area contributed by atoms with Gasteiger partial charge in [-0.2, -0.15) is 0 Å². The van der Waals surface area contributed by atoms with Crippen LogP contribution in [0.4, 0.5) is 14.9 Å². The van der Waals surface area contributed by atoms with Gasteiger partial charge in [-0.1, -0.05) is 15.9 Å². The average molecular weight is 344 g/mol. The van der Waals surface area contributed by atoms with Crippen molar-refractivity contribution in [3.8, 4) is 0 Å². The molecule has 0 saturated heterocycles. The molecule has 1 aliphatic rings. The first-order valence-electron chi connectivity index (χ1n) is 6.06. The minimum absolute atomic E-state index is 0.214. The number of rotatable bonds is 3. The SMILES string of the molecule is CCNC(=O)NC1=CN(c2cncc(F)c2)N(C)C1Br. The van der Waals surface area contributed by atoms with Gasteiger partial charge in [0.2, 0.25) is 0 Å². The molecule has 1 atom stereocenters. The Morgan fingerprint density at radius 1 is 1.55 bits per heavy atom. The summed E-state index contributed by atoms with van der Waals surface area (Å²) in [4.78, 5) is 15.2. The zero-order chi connectivity index (χ0) is 14.7. The summed E-state index contributed by atoms with van der Waals surface area (Å²) in [7, 11) is 1.81. The van der Waals surface area contributed by atoms with Crippen molar-refractivity contribution < 1.29 is 9.18 Å². The van der Waals surface area contributed by atoms with Crippen LogP contribution in [0.5, 0.6) is 0 Å².